The van der Waals surface area contributed by atoms with E-state index < -0.39 is 0 Å². The molecule has 0 radical (unpaired) electrons. The third kappa shape index (κ3) is 5.12. The molecular weight excluding hydrogens is 264 g/mol. The van der Waals surface area contributed by atoms with Crippen molar-refractivity contribution in [2.24, 2.45) is 11.8 Å². The Bertz CT molecular complexity index is 413. The van der Waals surface area contributed by atoms with E-state index in [-0.39, 0.29) is 0 Å². The second kappa shape index (κ2) is 7.63. The highest BCUT2D eigenvalue weighted by atomic mass is 32.1. The molecule has 1 aromatic rings. The van der Waals surface area contributed by atoms with Gasteiger partial charge >= 0.3 is 0 Å². The number of nitrogens with one attached hydrogen (secondary N) is 2. The summed E-state index contributed by atoms with van der Waals surface area (Å²) in [5, 5.41) is 7.39. The molecule has 0 saturated carbocycles. The van der Waals surface area contributed by atoms with Crippen molar-refractivity contribution in [2.45, 2.75) is 53.5 Å². The SMILES string of the molecule is CC(C)c1ccc(NC(=S)NC(C(C)C)C(C)C)cc1. The fourth-order valence-corrected chi connectivity index (χ4v) is 2.63. The van der Waals surface area contributed by atoms with Crippen LogP contribution in [0.15, 0.2) is 24.3 Å². The number of hydrogen-bond acceptors (Lipinski definition) is 1. The quantitative estimate of drug-likeness (QED) is 0.764. The van der Waals surface area contributed by atoms with Gasteiger partial charge in [0.25, 0.3) is 0 Å². The maximum atomic E-state index is 5.41. The number of hydrogen-bond donors (Lipinski definition) is 2. The molecule has 0 aliphatic rings. The molecule has 0 spiro atoms. The van der Waals surface area contributed by atoms with Crippen LogP contribution in [0.2, 0.25) is 0 Å². The zero-order chi connectivity index (χ0) is 15.3. The van der Waals surface area contributed by atoms with Gasteiger partial charge < -0.3 is 10.6 Å². The molecule has 2 N–H and O–H groups in total. The second-order valence-corrected chi connectivity index (χ2v) is 6.80. The number of rotatable bonds is 5. The Labute approximate surface area is 129 Å². The molecule has 0 amide bonds. The van der Waals surface area contributed by atoms with Gasteiger partial charge in [-0.1, -0.05) is 53.7 Å². The molecule has 0 atom stereocenters. The molecular formula is C17H28N2S. The third-order valence-corrected chi connectivity index (χ3v) is 3.79. The molecule has 112 valence electrons. The molecule has 3 heteroatoms. The van der Waals surface area contributed by atoms with Crippen LogP contribution in [0.3, 0.4) is 0 Å². The van der Waals surface area contributed by atoms with Crippen LogP contribution in [0.4, 0.5) is 5.69 Å². The topological polar surface area (TPSA) is 24.1 Å². The third-order valence-electron chi connectivity index (χ3n) is 3.57. The Hall–Kier alpha value is -1.09. The Kier molecular flexibility index (Phi) is 6.47. The maximum absolute atomic E-state index is 5.41. The average molecular weight is 292 g/mol. The molecule has 0 heterocycles. The number of anilines is 1. The summed E-state index contributed by atoms with van der Waals surface area (Å²) in [6, 6.07) is 8.87. The molecule has 0 aromatic heterocycles. The molecule has 0 saturated heterocycles. The van der Waals surface area contributed by atoms with Gasteiger partial charge in [-0.05, 0) is 47.7 Å². The lowest BCUT2D eigenvalue weighted by Crippen LogP contribution is -2.44. The molecule has 0 fully saturated rings. The van der Waals surface area contributed by atoms with Crippen molar-refractivity contribution in [1.82, 2.24) is 5.32 Å². The molecule has 0 unspecified atom stereocenters. The van der Waals surface area contributed by atoms with Gasteiger partial charge in [-0.2, -0.15) is 0 Å². The lowest BCUT2D eigenvalue weighted by Gasteiger charge is -2.27. The van der Waals surface area contributed by atoms with Crippen molar-refractivity contribution in [3.63, 3.8) is 0 Å². The normalized spacial score (nSPS) is 11.5. The van der Waals surface area contributed by atoms with Crippen molar-refractivity contribution in [1.29, 1.82) is 0 Å². The Morgan fingerprint density at radius 3 is 1.80 bits per heavy atom. The van der Waals surface area contributed by atoms with E-state index in [1.54, 1.807) is 0 Å². The minimum atomic E-state index is 0.393. The molecule has 1 rings (SSSR count). The molecule has 1 aromatic carbocycles. The first-order valence-electron chi connectivity index (χ1n) is 7.48. The molecule has 20 heavy (non-hydrogen) atoms. The predicted molar refractivity (Wildman–Crippen MR) is 93.4 cm³/mol. The Balaban J connectivity index is 2.61. The van der Waals surface area contributed by atoms with Crippen molar-refractivity contribution >= 4 is 23.0 Å². The zero-order valence-corrected chi connectivity index (χ0v) is 14.3. The number of thiocarbonyl (C=S) groups is 1. The molecule has 0 aliphatic carbocycles. The summed E-state index contributed by atoms with van der Waals surface area (Å²) in [4.78, 5) is 0. The van der Waals surface area contributed by atoms with Crippen molar-refractivity contribution < 1.29 is 0 Å². The fraction of sp³-hybridized carbons (Fsp3) is 0.588. The summed E-state index contributed by atoms with van der Waals surface area (Å²) in [5.74, 6) is 1.66. The summed E-state index contributed by atoms with van der Waals surface area (Å²) in [7, 11) is 0. The molecule has 0 bridgehead atoms. The average Bonchev–Trinajstić information content (AvgIpc) is 2.35. The Morgan fingerprint density at radius 2 is 1.40 bits per heavy atom. The van der Waals surface area contributed by atoms with Crippen LogP contribution in [0.5, 0.6) is 0 Å². The van der Waals surface area contributed by atoms with Crippen LogP contribution in [0.1, 0.15) is 53.0 Å². The highest BCUT2D eigenvalue weighted by Crippen LogP contribution is 2.17. The first-order chi connectivity index (χ1) is 9.31. The van der Waals surface area contributed by atoms with E-state index in [0.29, 0.717) is 28.9 Å². The first kappa shape index (κ1) is 17.0. The highest BCUT2D eigenvalue weighted by molar-refractivity contribution is 7.80. The summed E-state index contributed by atoms with van der Waals surface area (Å²) >= 11 is 5.41. The number of benzene rings is 1. The minimum Gasteiger partial charge on any atom is -0.359 e. The van der Waals surface area contributed by atoms with Crippen LogP contribution < -0.4 is 10.6 Å². The van der Waals surface area contributed by atoms with E-state index in [1.807, 2.05) is 0 Å². The van der Waals surface area contributed by atoms with Crippen molar-refractivity contribution in [2.75, 3.05) is 5.32 Å². The lowest BCUT2D eigenvalue weighted by molar-refractivity contribution is 0.356. The van der Waals surface area contributed by atoms with Gasteiger partial charge in [0.05, 0.1) is 0 Å². The van der Waals surface area contributed by atoms with E-state index in [2.05, 4.69) is 76.4 Å². The van der Waals surface area contributed by atoms with E-state index in [9.17, 15) is 0 Å². The highest BCUT2D eigenvalue weighted by Gasteiger charge is 2.18. The minimum absolute atomic E-state index is 0.393. The van der Waals surface area contributed by atoms with Gasteiger partial charge in [-0.3, -0.25) is 0 Å². The van der Waals surface area contributed by atoms with E-state index >= 15 is 0 Å². The smallest absolute Gasteiger partial charge is 0.171 e. The molecule has 2 nitrogen and oxygen atoms in total. The second-order valence-electron chi connectivity index (χ2n) is 6.39. The van der Waals surface area contributed by atoms with E-state index in [4.69, 9.17) is 12.2 Å². The zero-order valence-electron chi connectivity index (χ0n) is 13.5. The predicted octanol–water partition coefficient (Wildman–Crippen LogP) is 4.78. The molecule has 0 aliphatic heterocycles. The van der Waals surface area contributed by atoms with Crippen LogP contribution >= 0.6 is 12.2 Å². The van der Waals surface area contributed by atoms with Crippen LogP contribution in [-0.2, 0) is 0 Å². The van der Waals surface area contributed by atoms with Gasteiger partial charge in [-0.15, -0.1) is 0 Å². The van der Waals surface area contributed by atoms with Gasteiger partial charge in [0.15, 0.2) is 5.11 Å². The largest absolute Gasteiger partial charge is 0.359 e. The standard InChI is InChI=1S/C17H28N2S/c1-11(2)14-7-9-15(10-8-14)18-17(20)19-16(12(3)4)13(5)6/h7-13,16H,1-6H3,(H2,18,19,20). The van der Waals surface area contributed by atoms with Gasteiger partial charge in [-0.25, -0.2) is 0 Å². The van der Waals surface area contributed by atoms with Crippen LogP contribution in [0, 0.1) is 11.8 Å². The van der Waals surface area contributed by atoms with E-state index in [1.165, 1.54) is 5.56 Å². The van der Waals surface area contributed by atoms with Gasteiger partial charge in [0.2, 0.25) is 0 Å². The summed E-state index contributed by atoms with van der Waals surface area (Å²) in [6.45, 7) is 13.3. The van der Waals surface area contributed by atoms with Gasteiger partial charge in [0, 0.05) is 11.7 Å². The van der Waals surface area contributed by atoms with Crippen LogP contribution in [-0.4, -0.2) is 11.2 Å². The summed E-state index contributed by atoms with van der Waals surface area (Å²) < 4.78 is 0. The first-order valence-corrected chi connectivity index (χ1v) is 7.89. The van der Waals surface area contributed by atoms with Crippen molar-refractivity contribution in [3.05, 3.63) is 29.8 Å². The fourth-order valence-electron chi connectivity index (χ4n) is 2.37. The van der Waals surface area contributed by atoms with Crippen LogP contribution in [0.25, 0.3) is 0 Å². The summed E-state index contributed by atoms with van der Waals surface area (Å²) in [5.41, 5.74) is 2.38. The lowest BCUT2D eigenvalue weighted by atomic mass is 9.93. The van der Waals surface area contributed by atoms with Crippen molar-refractivity contribution in [3.8, 4) is 0 Å². The summed E-state index contributed by atoms with van der Waals surface area (Å²) in [6.07, 6.45) is 0. The maximum Gasteiger partial charge on any atom is 0.171 e. The van der Waals surface area contributed by atoms with Gasteiger partial charge in [0.1, 0.15) is 0 Å². The Morgan fingerprint density at radius 1 is 0.900 bits per heavy atom. The monoisotopic (exact) mass is 292 g/mol. The van der Waals surface area contributed by atoms with E-state index in [0.717, 1.165) is 5.69 Å².